The number of halogens is 1. The van der Waals surface area contributed by atoms with Gasteiger partial charge in [0.2, 0.25) is 11.8 Å². The molecule has 0 radical (unpaired) electrons. The van der Waals surface area contributed by atoms with Crippen molar-refractivity contribution in [2.24, 2.45) is 0 Å². The van der Waals surface area contributed by atoms with Gasteiger partial charge in [-0.3, -0.25) is 14.5 Å². The zero-order valence-corrected chi connectivity index (χ0v) is 18.3. The molecule has 2 aromatic carbocycles. The summed E-state index contributed by atoms with van der Waals surface area (Å²) in [4.78, 5) is 27.2. The highest BCUT2D eigenvalue weighted by Crippen LogP contribution is 2.21. The molecule has 0 saturated heterocycles. The number of amides is 2. The molecule has 0 aromatic heterocycles. The molecule has 6 heteroatoms. The number of rotatable bonds is 9. The number of hydrogen-bond donors (Lipinski definition) is 2. The lowest BCUT2D eigenvalue weighted by Gasteiger charge is -2.29. The molecule has 1 unspecified atom stereocenters. The molecule has 2 N–H and O–H groups in total. The van der Waals surface area contributed by atoms with Gasteiger partial charge in [-0.25, -0.2) is 0 Å². The van der Waals surface area contributed by atoms with Gasteiger partial charge in [0.15, 0.2) is 0 Å². The normalized spacial score (nSPS) is 11.9. The zero-order chi connectivity index (χ0) is 20.5. The van der Waals surface area contributed by atoms with Crippen molar-refractivity contribution in [3.8, 4) is 0 Å². The van der Waals surface area contributed by atoms with E-state index in [4.69, 9.17) is 0 Å². The Kier molecular flexibility index (Phi) is 8.67. The van der Waals surface area contributed by atoms with E-state index in [0.717, 1.165) is 34.4 Å². The molecule has 0 saturated carbocycles. The quantitative estimate of drug-likeness (QED) is 0.605. The van der Waals surface area contributed by atoms with Gasteiger partial charge >= 0.3 is 0 Å². The maximum Gasteiger partial charge on any atom is 0.241 e. The lowest BCUT2D eigenvalue weighted by molar-refractivity contribution is -0.126. The molecule has 28 heavy (non-hydrogen) atoms. The summed E-state index contributed by atoms with van der Waals surface area (Å²) in [7, 11) is 0. The van der Waals surface area contributed by atoms with Gasteiger partial charge in [0.25, 0.3) is 0 Å². The fourth-order valence-electron chi connectivity index (χ4n) is 3.09. The first-order valence-corrected chi connectivity index (χ1v) is 10.4. The van der Waals surface area contributed by atoms with Crippen molar-refractivity contribution >= 4 is 33.4 Å². The minimum Gasteiger partial charge on any atom is -0.354 e. The highest BCUT2D eigenvalue weighted by Gasteiger charge is 2.25. The first-order valence-electron chi connectivity index (χ1n) is 9.59. The summed E-state index contributed by atoms with van der Waals surface area (Å²) in [6.45, 7) is 7.86. The Bertz CT molecular complexity index is 792. The Morgan fingerprint density at radius 3 is 2.39 bits per heavy atom. The molecule has 0 aliphatic rings. The Hall–Kier alpha value is -2.18. The number of nitrogens with zero attached hydrogens (tertiary/aromatic N) is 1. The molecule has 1 atom stereocenters. The Morgan fingerprint density at radius 2 is 1.75 bits per heavy atom. The van der Waals surface area contributed by atoms with Gasteiger partial charge in [-0.15, -0.1) is 0 Å². The fourth-order valence-corrected chi connectivity index (χ4v) is 3.45. The van der Waals surface area contributed by atoms with Crippen molar-refractivity contribution in [1.29, 1.82) is 0 Å². The predicted octanol–water partition coefficient (Wildman–Crippen LogP) is 4.29. The van der Waals surface area contributed by atoms with Crippen molar-refractivity contribution in [3.63, 3.8) is 0 Å². The smallest absolute Gasteiger partial charge is 0.241 e. The standard InChI is InChI=1S/C22H28BrN3O2/c1-4-26(5-2)21(17-9-7-6-8-10-17)22(28)24-14-13-20(27)25-19-15-18(23)12-11-16(19)3/h6-12,15,21H,4-5,13-14H2,1-3H3,(H,24,28)(H,25,27). The van der Waals surface area contributed by atoms with Gasteiger partial charge in [0.05, 0.1) is 0 Å². The first-order chi connectivity index (χ1) is 13.5. The number of aryl methyl sites for hydroxylation is 1. The molecule has 0 aliphatic heterocycles. The maximum absolute atomic E-state index is 12.9. The van der Waals surface area contributed by atoms with E-state index in [2.05, 4.69) is 31.5 Å². The highest BCUT2D eigenvalue weighted by molar-refractivity contribution is 9.10. The van der Waals surface area contributed by atoms with Crippen LogP contribution < -0.4 is 10.6 Å². The van der Waals surface area contributed by atoms with Gasteiger partial charge < -0.3 is 10.6 Å². The third-order valence-corrected chi connectivity index (χ3v) is 5.16. The van der Waals surface area contributed by atoms with Crippen LogP contribution in [0.1, 0.15) is 37.4 Å². The Morgan fingerprint density at radius 1 is 1.07 bits per heavy atom. The van der Waals surface area contributed by atoms with Crippen LogP contribution in [0.4, 0.5) is 5.69 Å². The van der Waals surface area contributed by atoms with Crippen LogP contribution in [0.3, 0.4) is 0 Å². The van der Waals surface area contributed by atoms with Crippen LogP contribution in [-0.2, 0) is 9.59 Å². The number of likely N-dealkylation sites (N-methyl/N-ethyl adjacent to an activating group) is 1. The van der Waals surface area contributed by atoms with Crippen LogP contribution >= 0.6 is 15.9 Å². The van der Waals surface area contributed by atoms with Crippen molar-refractivity contribution < 1.29 is 9.59 Å². The highest BCUT2D eigenvalue weighted by atomic mass is 79.9. The molecular formula is C22H28BrN3O2. The average Bonchev–Trinajstić information content (AvgIpc) is 2.69. The molecule has 0 spiro atoms. The van der Waals surface area contributed by atoms with Crippen LogP contribution in [0, 0.1) is 6.92 Å². The van der Waals surface area contributed by atoms with Gasteiger partial charge in [-0.2, -0.15) is 0 Å². The molecule has 0 heterocycles. The summed E-state index contributed by atoms with van der Waals surface area (Å²) in [6, 6.07) is 15.1. The summed E-state index contributed by atoms with van der Waals surface area (Å²) in [6.07, 6.45) is 0.220. The van der Waals surface area contributed by atoms with Gasteiger partial charge in [-0.05, 0) is 43.3 Å². The minimum atomic E-state index is -0.355. The van der Waals surface area contributed by atoms with Gasteiger partial charge in [-0.1, -0.05) is 66.2 Å². The molecule has 0 aliphatic carbocycles. The molecule has 0 bridgehead atoms. The van der Waals surface area contributed by atoms with Crippen LogP contribution in [-0.4, -0.2) is 36.3 Å². The predicted molar refractivity (Wildman–Crippen MR) is 117 cm³/mol. The van der Waals surface area contributed by atoms with Crippen LogP contribution in [0.25, 0.3) is 0 Å². The second-order valence-electron chi connectivity index (χ2n) is 6.58. The zero-order valence-electron chi connectivity index (χ0n) is 16.7. The number of carbonyl (C=O) groups excluding carboxylic acids is 2. The summed E-state index contributed by atoms with van der Waals surface area (Å²) in [5.41, 5.74) is 2.72. The van der Waals surface area contributed by atoms with Crippen molar-refractivity contribution in [3.05, 3.63) is 64.1 Å². The summed E-state index contributed by atoms with van der Waals surface area (Å²) < 4.78 is 0.909. The van der Waals surface area contributed by atoms with Crippen molar-refractivity contribution in [2.75, 3.05) is 25.0 Å². The molecule has 150 valence electrons. The van der Waals surface area contributed by atoms with Crippen LogP contribution in [0.5, 0.6) is 0 Å². The lowest BCUT2D eigenvalue weighted by atomic mass is 10.0. The topological polar surface area (TPSA) is 61.4 Å². The lowest BCUT2D eigenvalue weighted by Crippen LogP contribution is -2.41. The molecule has 5 nitrogen and oxygen atoms in total. The van der Waals surface area contributed by atoms with Crippen LogP contribution in [0.2, 0.25) is 0 Å². The maximum atomic E-state index is 12.9. The van der Waals surface area contributed by atoms with E-state index in [0.29, 0.717) is 6.54 Å². The molecule has 2 rings (SSSR count). The largest absolute Gasteiger partial charge is 0.354 e. The fraction of sp³-hybridized carbons (Fsp3) is 0.364. The molecule has 0 fully saturated rings. The summed E-state index contributed by atoms with van der Waals surface area (Å²) in [5, 5.41) is 5.82. The van der Waals surface area contributed by atoms with Gasteiger partial charge in [0.1, 0.15) is 6.04 Å². The Balaban J connectivity index is 1.95. The van der Waals surface area contributed by atoms with Gasteiger partial charge in [0, 0.05) is 23.1 Å². The first kappa shape index (κ1) is 22.1. The van der Waals surface area contributed by atoms with E-state index in [9.17, 15) is 9.59 Å². The second-order valence-corrected chi connectivity index (χ2v) is 7.50. The SMILES string of the molecule is CCN(CC)C(C(=O)NCCC(=O)Nc1cc(Br)ccc1C)c1ccccc1. The van der Waals surface area contributed by atoms with E-state index < -0.39 is 0 Å². The van der Waals surface area contributed by atoms with Crippen molar-refractivity contribution in [1.82, 2.24) is 10.2 Å². The number of carbonyl (C=O) groups is 2. The number of benzene rings is 2. The molecule has 2 aromatic rings. The molecular weight excluding hydrogens is 418 g/mol. The van der Waals surface area contributed by atoms with Crippen LogP contribution in [0.15, 0.2) is 53.0 Å². The minimum absolute atomic E-state index is 0.0821. The van der Waals surface area contributed by atoms with E-state index in [1.165, 1.54) is 0 Å². The Labute approximate surface area is 175 Å². The van der Waals surface area contributed by atoms with E-state index >= 15 is 0 Å². The third kappa shape index (κ3) is 6.17. The van der Waals surface area contributed by atoms with E-state index in [1.807, 2.05) is 69.3 Å². The summed E-state index contributed by atoms with van der Waals surface area (Å²) in [5.74, 6) is -0.207. The second kappa shape index (κ2) is 11.0. The van der Waals surface area contributed by atoms with E-state index in [-0.39, 0.29) is 24.3 Å². The summed E-state index contributed by atoms with van der Waals surface area (Å²) >= 11 is 3.41. The number of nitrogens with one attached hydrogen (secondary N) is 2. The van der Waals surface area contributed by atoms with Crippen molar-refractivity contribution in [2.45, 2.75) is 33.2 Å². The number of anilines is 1. The monoisotopic (exact) mass is 445 g/mol. The van der Waals surface area contributed by atoms with E-state index in [1.54, 1.807) is 0 Å². The average molecular weight is 446 g/mol. The number of hydrogen-bond acceptors (Lipinski definition) is 3. The third-order valence-electron chi connectivity index (χ3n) is 4.67. The molecule has 2 amide bonds.